The van der Waals surface area contributed by atoms with Crippen LogP contribution in [0.25, 0.3) is 11.4 Å². The summed E-state index contributed by atoms with van der Waals surface area (Å²) in [5, 5.41) is 23.8. The van der Waals surface area contributed by atoms with Gasteiger partial charge in [0.1, 0.15) is 0 Å². The van der Waals surface area contributed by atoms with E-state index < -0.39 is 11.9 Å². The molecule has 0 aliphatic rings. The van der Waals surface area contributed by atoms with Crippen molar-refractivity contribution in [3.8, 4) is 11.4 Å². The third-order valence-electron chi connectivity index (χ3n) is 1.93. The Morgan fingerprint density at radius 1 is 1.33 bits per heavy atom. The summed E-state index contributed by atoms with van der Waals surface area (Å²) in [4.78, 5) is 21.3. The second-order valence-corrected chi connectivity index (χ2v) is 3.09. The number of aromatic amines is 1. The van der Waals surface area contributed by atoms with Crippen LogP contribution in [0.15, 0.2) is 24.3 Å². The molecule has 0 aliphatic heterocycles. The van der Waals surface area contributed by atoms with E-state index in [1.807, 2.05) is 0 Å². The highest BCUT2D eigenvalue weighted by Crippen LogP contribution is 2.17. The number of benzene rings is 1. The number of carboxylic acid groups (broad SMARTS) is 1. The molecule has 1 aromatic carbocycles. The van der Waals surface area contributed by atoms with Crippen molar-refractivity contribution in [2.24, 2.45) is 0 Å². The van der Waals surface area contributed by atoms with E-state index in [1.165, 1.54) is 0 Å². The molecule has 0 aliphatic carbocycles. The van der Waals surface area contributed by atoms with Gasteiger partial charge in [0.15, 0.2) is 5.82 Å². The number of rotatable bonds is 2. The average Bonchev–Trinajstić information content (AvgIpc) is 2.82. The van der Waals surface area contributed by atoms with E-state index in [2.05, 4.69) is 25.9 Å². The van der Waals surface area contributed by atoms with E-state index >= 15 is 0 Å². The van der Waals surface area contributed by atoms with E-state index in [1.54, 1.807) is 24.3 Å². The Labute approximate surface area is 100 Å². The monoisotopic (exact) mass is 251 g/mol. The molecule has 2 rings (SSSR count). The lowest BCUT2D eigenvalue weighted by atomic mass is 10.2. The number of hydrogen-bond donors (Lipinski definition) is 3. The number of aromatic nitrogens is 4. The van der Waals surface area contributed by atoms with Crippen LogP contribution in [0.5, 0.6) is 0 Å². The first-order valence-corrected chi connectivity index (χ1v) is 4.55. The minimum absolute atomic E-state index is 0. The second kappa shape index (κ2) is 5.50. The largest absolute Gasteiger partial charge is 0.474 e. The normalized spacial score (nSPS) is 9.33. The Morgan fingerprint density at radius 2 is 2.11 bits per heavy atom. The Hall–Kier alpha value is -2.81. The molecule has 1 amide bonds. The fourth-order valence-corrected chi connectivity index (χ4v) is 1.21. The van der Waals surface area contributed by atoms with E-state index in [0.717, 1.165) is 0 Å². The van der Waals surface area contributed by atoms with Gasteiger partial charge < -0.3 is 15.9 Å². The van der Waals surface area contributed by atoms with Crippen molar-refractivity contribution < 1.29 is 20.2 Å². The van der Waals surface area contributed by atoms with Gasteiger partial charge in [-0.05, 0) is 22.6 Å². The van der Waals surface area contributed by atoms with Crippen LogP contribution in [-0.4, -0.2) is 43.1 Å². The summed E-state index contributed by atoms with van der Waals surface area (Å²) in [6, 6.07) is 6.49. The summed E-state index contributed by atoms with van der Waals surface area (Å²) in [6.45, 7) is 0. The van der Waals surface area contributed by atoms with Gasteiger partial charge in [-0.1, -0.05) is 12.1 Å². The molecule has 0 atom stereocenters. The summed E-state index contributed by atoms with van der Waals surface area (Å²) in [7, 11) is 0. The average molecular weight is 251 g/mol. The molecule has 94 valence electrons. The number of tetrazole rings is 1. The molecule has 0 saturated heterocycles. The van der Waals surface area contributed by atoms with Crippen LogP contribution >= 0.6 is 0 Å². The molecule has 18 heavy (non-hydrogen) atoms. The Balaban J connectivity index is 0.00000162. The number of nitrogens with zero attached hydrogens (tertiary/aromatic N) is 3. The molecule has 0 fully saturated rings. The molecule has 0 radical (unpaired) electrons. The first kappa shape index (κ1) is 13.3. The summed E-state index contributed by atoms with van der Waals surface area (Å²) >= 11 is 0. The van der Waals surface area contributed by atoms with Crippen LogP contribution in [0.3, 0.4) is 0 Å². The number of carbonyl (C=O) groups excluding carboxylic acids is 1. The highest BCUT2D eigenvalue weighted by molar-refractivity contribution is 6.36. The van der Waals surface area contributed by atoms with E-state index in [4.69, 9.17) is 5.11 Å². The number of carboxylic acids is 1. The zero-order valence-corrected chi connectivity index (χ0v) is 8.91. The molecule has 1 aromatic heterocycles. The van der Waals surface area contributed by atoms with Crippen LogP contribution in [0.2, 0.25) is 0 Å². The van der Waals surface area contributed by atoms with Gasteiger partial charge in [-0.15, -0.1) is 5.10 Å². The number of nitrogens with one attached hydrogen (secondary N) is 2. The first-order valence-electron chi connectivity index (χ1n) is 4.55. The maximum absolute atomic E-state index is 11.0. The van der Waals surface area contributed by atoms with Crippen LogP contribution in [0.1, 0.15) is 0 Å². The van der Waals surface area contributed by atoms with Crippen molar-refractivity contribution in [3.05, 3.63) is 24.3 Å². The molecule has 0 saturated carbocycles. The molecular formula is C9H9N5O4. The van der Waals surface area contributed by atoms with Gasteiger partial charge in [0.2, 0.25) is 0 Å². The molecule has 1 heterocycles. The van der Waals surface area contributed by atoms with Gasteiger partial charge in [0, 0.05) is 11.3 Å². The lowest BCUT2D eigenvalue weighted by molar-refractivity contribution is -0.147. The number of anilines is 1. The third kappa shape index (κ3) is 2.86. The summed E-state index contributed by atoms with van der Waals surface area (Å²) in [5.74, 6) is -2.22. The molecule has 0 unspecified atom stereocenters. The SMILES string of the molecule is O.O=C(O)C(=O)Nc1cccc(-c2nnn[nH]2)c1. The van der Waals surface area contributed by atoms with Gasteiger partial charge in [-0.25, -0.2) is 9.89 Å². The fraction of sp³-hybridized carbons (Fsp3) is 0. The van der Waals surface area contributed by atoms with E-state index in [-0.39, 0.29) is 5.48 Å². The predicted octanol–water partition coefficient (Wildman–Crippen LogP) is -0.935. The Bertz CT molecular complexity index is 554. The number of aliphatic carboxylic acids is 1. The maximum Gasteiger partial charge on any atom is 0.394 e. The first-order chi connectivity index (χ1) is 8.16. The zero-order chi connectivity index (χ0) is 12.3. The second-order valence-electron chi connectivity index (χ2n) is 3.09. The number of carbonyl (C=O) groups is 2. The van der Waals surface area contributed by atoms with Crippen molar-refractivity contribution in [1.82, 2.24) is 20.6 Å². The Morgan fingerprint density at radius 3 is 2.72 bits per heavy atom. The molecular weight excluding hydrogens is 242 g/mol. The summed E-state index contributed by atoms with van der Waals surface area (Å²) in [5.41, 5.74) is 0.990. The quantitative estimate of drug-likeness (QED) is 0.586. The minimum atomic E-state index is -1.54. The molecule has 5 N–H and O–H groups in total. The highest BCUT2D eigenvalue weighted by Gasteiger charge is 2.11. The van der Waals surface area contributed by atoms with Gasteiger partial charge in [0.05, 0.1) is 0 Å². The number of H-pyrrole nitrogens is 1. The standard InChI is InChI=1S/C9H7N5O3.H2O/c15-8(9(16)17)10-6-3-1-2-5(4-6)7-11-13-14-12-7;/h1-4H,(H,10,15)(H,16,17)(H,11,12,13,14);1H2. The third-order valence-corrected chi connectivity index (χ3v) is 1.93. The van der Waals surface area contributed by atoms with Crippen LogP contribution < -0.4 is 5.32 Å². The lowest BCUT2D eigenvalue weighted by Crippen LogP contribution is -2.21. The Kier molecular flexibility index (Phi) is 4.05. The molecule has 9 nitrogen and oxygen atoms in total. The molecule has 9 heteroatoms. The maximum atomic E-state index is 11.0. The smallest absolute Gasteiger partial charge is 0.394 e. The van der Waals surface area contributed by atoms with Crippen molar-refractivity contribution in [3.63, 3.8) is 0 Å². The predicted molar refractivity (Wildman–Crippen MR) is 59.5 cm³/mol. The van der Waals surface area contributed by atoms with Crippen molar-refractivity contribution in [1.29, 1.82) is 0 Å². The minimum Gasteiger partial charge on any atom is -0.474 e. The molecule has 0 bridgehead atoms. The fourth-order valence-electron chi connectivity index (χ4n) is 1.21. The van der Waals surface area contributed by atoms with Gasteiger partial charge in [-0.2, -0.15) is 0 Å². The number of amides is 1. The molecule has 0 spiro atoms. The van der Waals surface area contributed by atoms with Crippen LogP contribution in [-0.2, 0) is 9.59 Å². The zero-order valence-electron chi connectivity index (χ0n) is 8.91. The summed E-state index contributed by atoms with van der Waals surface area (Å²) in [6.07, 6.45) is 0. The topological polar surface area (TPSA) is 152 Å². The van der Waals surface area contributed by atoms with Crippen molar-refractivity contribution in [2.75, 3.05) is 5.32 Å². The molecule has 2 aromatic rings. The van der Waals surface area contributed by atoms with Crippen LogP contribution in [0.4, 0.5) is 5.69 Å². The van der Waals surface area contributed by atoms with Gasteiger partial charge >= 0.3 is 11.9 Å². The highest BCUT2D eigenvalue weighted by atomic mass is 16.4. The van der Waals surface area contributed by atoms with E-state index in [0.29, 0.717) is 17.1 Å². The van der Waals surface area contributed by atoms with Crippen molar-refractivity contribution >= 4 is 17.6 Å². The van der Waals surface area contributed by atoms with Crippen molar-refractivity contribution in [2.45, 2.75) is 0 Å². The number of hydrogen-bond acceptors (Lipinski definition) is 5. The summed E-state index contributed by atoms with van der Waals surface area (Å²) < 4.78 is 0. The van der Waals surface area contributed by atoms with Gasteiger partial charge in [-0.3, -0.25) is 4.79 Å². The lowest BCUT2D eigenvalue weighted by Gasteiger charge is -2.03. The van der Waals surface area contributed by atoms with Crippen LogP contribution in [0, 0.1) is 0 Å². The van der Waals surface area contributed by atoms with Gasteiger partial charge in [0.25, 0.3) is 0 Å². The van der Waals surface area contributed by atoms with E-state index in [9.17, 15) is 9.59 Å².